The lowest BCUT2D eigenvalue weighted by Crippen LogP contribution is -2.26. The Bertz CT molecular complexity index is 287. The molecule has 1 heterocycles. The molecule has 1 aliphatic heterocycles. The van der Waals surface area contributed by atoms with E-state index >= 15 is 0 Å². The maximum atomic E-state index is 5.89. The molecule has 2 aliphatic rings. The molecule has 0 aromatic rings. The van der Waals surface area contributed by atoms with E-state index in [0.29, 0.717) is 12.0 Å². The largest absolute Gasteiger partial charge is 0.492 e. The van der Waals surface area contributed by atoms with Crippen LogP contribution >= 0.6 is 0 Å². The van der Waals surface area contributed by atoms with Crippen molar-refractivity contribution in [3.63, 3.8) is 0 Å². The molecule has 1 N–H and O–H groups in total. The van der Waals surface area contributed by atoms with E-state index in [2.05, 4.69) is 31.3 Å². The van der Waals surface area contributed by atoms with Crippen LogP contribution in [0.4, 0.5) is 0 Å². The molecule has 90 valence electrons. The van der Waals surface area contributed by atoms with Gasteiger partial charge in [0.05, 0.1) is 0 Å². The van der Waals surface area contributed by atoms with Crippen LogP contribution in [0.25, 0.3) is 0 Å². The molecule has 2 atom stereocenters. The molecule has 0 bridgehead atoms. The number of hydrogen-bond donors (Lipinski definition) is 1. The first-order chi connectivity index (χ1) is 7.78. The Hall–Kier alpha value is -0.760. The number of ether oxygens (including phenoxy) is 1. The molecule has 2 heteroatoms. The summed E-state index contributed by atoms with van der Waals surface area (Å²) in [6.07, 6.45) is 9.38. The van der Waals surface area contributed by atoms with Crippen LogP contribution in [0, 0.1) is 5.92 Å². The third-order valence-corrected chi connectivity index (χ3v) is 3.45. The van der Waals surface area contributed by atoms with Gasteiger partial charge in [0.2, 0.25) is 0 Å². The predicted molar refractivity (Wildman–Crippen MR) is 67.2 cm³/mol. The number of hydrogen-bond acceptors (Lipinski definition) is 2. The van der Waals surface area contributed by atoms with Gasteiger partial charge >= 0.3 is 0 Å². The second kappa shape index (κ2) is 5.53. The molecule has 1 unspecified atom stereocenters. The smallest absolute Gasteiger partial charge is 0.115 e. The first-order valence-corrected chi connectivity index (χ1v) is 6.55. The monoisotopic (exact) mass is 221 g/mol. The zero-order valence-electron chi connectivity index (χ0n) is 10.5. The van der Waals surface area contributed by atoms with Crippen molar-refractivity contribution >= 4 is 0 Å². The molecule has 1 fully saturated rings. The van der Waals surface area contributed by atoms with E-state index < -0.39 is 0 Å². The Morgan fingerprint density at radius 3 is 3.06 bits per heavy atom. The van der Waals surface area contributed by atoms with Gasteiger partial charge in [-0.3, -0.25) is 0 Å². The highest BCUT2D eigenvalue weighted by atomic mass is 16.5. The van der Waals surface area contributed by atoms with Crippen molar-refractivity contribution in [3.05, 3.63) is 23.5 Å². The molecule has 0 aromatic heterocycles. The summed E-state index contributed by atoms with van der Waals surface area (Å²) in [5.74, 6) is 1.72. The second-order valence-electron chi connectivity index (χ2n) is 5.01. The van der Waals surface area contributed by atoms with Crippen LogP contribution in [0.15, 0.2) is 23.5 Å². The molecule has 2 rings (SSSR count). The minimum absolute atomic E-state index is 0.566. The van der Waals surface area contributed by atoms with Crippen LogP contribution in [0.3, 0.4) is 0 Å². The van der Waals surface area contributed by atoms with Crippen LogP contribution in [0.1, 0.15) is 39.5 Å². The maximum Gasteiger partial charge on any atom is 0.115 e. The maximum absolute atomic E-state index is 5.89. The zero-order valence-corrected chi connectivity index (χ0v) is 10.5. The Kier molecular flexibility index (Phi) is 4.05. The lowest BCUT2D eigenvalue weighted by Gasteiger charge is -2.20. The fourth-order valence-corrected chi connectivity index (χ4v) is 2.49. The molecule has 0 aromatic carbocycles. The lowest BCUT2D eigenvalue weighted by molar-refractivity contribution is 0.193. The van der Waals surface area contributed by atoms with Crippen molar-refractivity contribution in [2.45, 2.75) is 45.6 Å². The van der Waals surface area contributed by atoms with E-state index in [0.717, 1.165) is 25.3 Å². The summed E-state index contributed by atoms with van der Waals surface area (Å²) < 4.78 is 5.89. The van der Waals surface area contributed by atoms with Gasteiger partial charge in [-0.1, -0.05) is 19.4 Å². The summed E-state index contributed by atoms with van der Waals surface area (Å²) in [6.45, 7) is 6.46. The molecule has 0 saturated carbocycles. The highest BCUT2D eigenvalue weighted by Gasteiger charge is 2.16. The van der Waals surface area contributed by atoms with Crippen molar-refractivity contribution in [2.24, 2.45) is 5.92 Å². The van der Waals surface area contributed by atoms with Crippen LogP contribution in [-0.4, -0.2) is 19.2 Å². The average molecular weight is 221 g/mol. The SMILES string of the molecule is CCC1=CC(OC[C@H]2CCCN2)=CC(C)C1. The van der Waals surface area contributed by atoms with Gasteiger partial charge in [0.15, 0.2) is 0 Å². The van der Waals surface area contributed by atoms with Crippen LogP contribution in [0.2, 0.25) is 0 Å². The summed E-state index contributed by atoms with van der Waals surface area (Å²) in [7, 11) is 0. The first kappa shape index (κ1) is 11.7. The summed E-state index contributed by atoms with van der Waals surface area (Å²) in [4.78, 5) is 0. The molecule has 0 spiro atoms. The quantitative estimate of drug-likeness (QED) is 0.788. The molecule has 0 radical (unpaired) electrons. The third-order valence-electron chi connectivity index (χ3n) is 3.45. The number of rotatable bonds is 4. The molecular weight excluding hydrogens is 198 g/mol. The Labute approximate surface area is 98.8 Å². The lowest BCUT2D eigenvalue weighted by atomic mass is 9.93. The fourth-order valence-electron chi connectivity index (χ4n) is 2.49. The van der Waals surface area contributed by atoms with E-state index in [1.165, 1.54) is 24.8 Å². The van der Waals surface area contributed by atoms with Crippen molar-refractivity contribution < 1.29 is 4.74 Å². The Morgan fingerprint density at radius 2 is 2.38 bits per heavy atom. The van der Waals surface area contributed by atoms with Gasteiger partial charge in [-0.25, -0.2) is 0 Å². The zero-order chi connectivity index (χ0) is 11.4. The standard InChI is InChI=1S/C14H23NO/c1-3-12-7-11(2)8-14(9-12)16-10-13-5-4-6-15-13/h8-9,11,13,15H,3-7,10H2,1-2H3/t11?,13-/m1/s1. The van der Waals surface area contributed by atoms with Crippen molar-refractivity contribution in [3.8, 4) is 0 Å². The normalized spacial score (nSPS) is 29.9. The van der Waals surface area contributed by atoms with Crippen LogP contribution in [-0.2, 0) is 4.74 Å². The van der Waals surface area contributed by atoms with E-state index in [1.807, 2.05) is 0 Å². The first-order valence-electron chi connectivity index (χ1n) is 6.55. The molecule has 1 saturated heterocycles. The third kappa shape index (κ3) is 3.11. The summed E-state index contributed by atoms with van der Waals surface area (Å²) in [5, 5.41) is 3.46. The highest BCUT2D eigenvalue weighted by Crippen LogP contribution is 2.25. The topological polar surface area (TPSA) is 21.3 Å². The minimum atomic E-state index is 0.566. The predicted octanol–water partition coefficient (Wildman–Crippen LogP) is 3.02. The van der Waals surface area contributed by atoms with Gasteiger partial charge in [0.1, 0.15) is 12.4 Å². The molecule has 16 heavy (non-hydrogen) atoms. The molecule has 0 amide bonds. The van der Waals surface area contributed by atoms with Gasteiger partial charge < -0.3 is 10.1 Å². The summed E-state index contributed by atoms with van der Waals surface area (Å²) >= 11 is 0. The fraction of sp³-hybridized carbons (Fsp3) is 0.714. The van der Waals surface area contributed by atoms with Crippen LogP contribution in [0.5, 0.6) is 0 Å². The molecular formula is C14H23NO. The Morgan fingerprint density at radius 1 is 1.50 bits per heavy atom. The van der Waals surface area contributed by atoms with Crippen LogP contribution < -0.4 is 5.32 Å². The average Bonchev–Trinajstić information content (AvgIpc) is 2.78. The summed E-state index contributed by atoms with van der Waals surface area (Å²) in [5.41, 5.74) is 1.52. The van der Waals surface area contributed by atoms with Crippen molar-refractivity contribution in [1.29, 1.82) is 0 Å². The van der Waals surface area contributed by atoms with E-state index in [-0.39, 0.29) is 0 Å². The molecule has 1 aliphatic carbocycles. The van der Waals surface area contributed by atoms with Gasteiger partial charge in [-0.2, -0.15) is 0 Å². The minimum Gasteiger partial charge on any atom is -0.492 e. The van der Waals surface area contributed by atoms with Gasteiger partial charge in [0.25, 0.3) is 0 Å². The van der Waals surface area contributed by atoms with Gasteiger partial charge in [-0.05, 0) is 50.3 Å². The van der Waals surface area contributed by atoms with Crippen molar-refractivity contribution in [2.75, 3.05) is 13.2 Å². The Balaban J connectivity index is 1.85. The van der Waals surface area contributed by atoms with E-state index in [4.69, 9.17) is 4.74 Å². The van der Waals surface area contributed by atoms with Crippen molar-refractivity contribution in [1.82, 2.24) is 5.32 Å². The second-order valence-corrected chi connectivity index (χ2v) is 5.01. The molecule has 2 nitrogen and oxygen atoms in total. The number of allylic oxidation sites excluding steroid dienone is 3. The van der Waals surface area contributed by atoms with Gasteiger partial charge in [0, 0.05) is 6.04 Å². The summed E-state index contributed by atoms with van der Waals surface area (Å²) in [6, 6.07) is 0.566. The van der Waals surface area contributed by atoms with E-state index in [9.17, 15) is 0 Å². The number of nitrogens with one attached hydrogen (secondary N) is 1. The van der Waals surface area contributed by atoms with E-state index in [1.54, 1.807) is 0 Å². The highest BCUT2D eigenvalue weighted by molar-refractivity contribution is 5.24. The van der Waals surface area contributed by atoms with Gasteiger partial charge in [-0.15, -0.1) is 0 Å².